The molecule has 1 heterocycles. The molecule has 0 saturated carbocycles. The number of nitrogens with zero attached hydrogens (tertiary/aromatic N) is 1. The van der Waals surface area contributed by atoms with E-state index in [0.717, 1.165) is 17.0 Å². The first-order valence-corrected chi connectivity index (χ1v) is 6.23. The Labute approximate surface area is 122 Å². The van der Waals surface area contributed by atoms with Crippen molar-refractivity contribution in [1.29, 1.82) is 0 Å². The molecule has 0 atom stereocenters. The lowest BCUT2D eigenvalue weighted by Crippen LogP contribution is -2.33. The van der Waals surface area contributed by atoms with Crippen molar-refractivity contribution in [2.45, 2.75) is 6.18 Å². The molecular weight excluding hydrogens is 313 g/mol. The number of rotatable bonds is 3. The molecule has 1 aliphatic heterocycles. The molecule has 1 aliphatic rings. The number of hydrogen-bond acceptors (Lipinski definition) is 3. The third-order valence-corrected chi connectivity index (χ3v) is 3.06. The van der Waals surface area contributed by atoms with Crippen LogP contribution in [0.3, 0.4) is 0 Å². The zero-order valence-corrected chi connectivity index (χ0v) is 11.3. The zero-order chi connectivity index (χ0) is 15.6. The standard InChI is InChI=1S/C12H10ClF3N2O3/c13-9-2-1-7(5-8(9)12(14,15)16)17-10(19)6-18-3-4-21-11(18)20/h1-2,5H,3-4,6H2,(H,17,19). The first-order valence-electron chi connectivity index (χ1n) is 5.85. The monoisotopic (exact) mass is 322 g/mol. The minimum atomic E-state index is -4.61. The van der Waals surface area contributed by atoms with Gasteiger partial charge in [0, 0.05) is 5.69 Å². The van der Waals surface area contributed by atoms with Crippen LogP contribution in [0.1, 0.15) is 5.56 Å². The molecule has 1 N–H and O–H groups in total. The average Bonchev–Trinajstić information content (AvgIpc) is 2.76. The van der Waals surface area contributed by atoms with Crippen molar-refractivity contribution in [3.8, 4) is 0 Å². The van der Waals surface area contributed by atoms with Crippen molar-refractivity contribution in [2.24, 2.45) is 0 Å². The van der Waals surface area contributed by atoms with E-state index >= 15 is 0 Å². The van der Waals surface area contributed by atoms with E-state index in [9.17, 15) is 22.8 Å². The topological polar surface area (TPSA) is 58.6 Å². The molecule has 0 bridgehead atoms. The van der Waals surface area contributed by atoms with Gasteiger partial charge in [0.1, 0.15) is 13.2 Å². The number of halogens is 4. The van der Waals surface area contributed by atoms with Crippen molar-refractivity contribution in [3.05, 3.63) is 28.8 Å². The van der Waals surface area contributed by atoms with E-state index in [1.54, 1.807) is 0 Å². The summed E-state index contributed by atoms with van der Waals surface area (Å²) < 4.78 is 42.7. The van der Waals surface area contributed by atoms with Gasteiger partial charge in [-0.15, -0.1) is 0 Å². The van der Waals surface area contributed by atoms with Crippen LogP contribution in [0.15, 0.2) is 18.2 Å². The summed E-state index contributed by atoms with van der Waals surface area (Å²) in [5.74, 6) is -0.621. The molecule has 9 heteroatoms. The number of ether oxygens (including phenoxy) is 1. The van der Waals surface area contributed by atoms with Crippen LogP contribution in [0.5, 0.6) is 0 Å². The lowest BCUT2D eigenvalue weighted by Gasteiger charge is -2.14. The molecule has 21 heavy (non-hydrogen) atoms. The van der Waals surface area contributed by atoms with Gasteiger partial charge in [-0.3, -0.25) is 9.69 Å². The Morgan fingerprint density at radius 1 is 1.43 bits per heavy atom. The van der Waals surface area contributed by atoms with E-state index in [2.05, 4.69) is 10.1 Å². The number of carbonyl (C=O) groups is 2. The Morgan fingerprint density at radius 3 is 2.71 bits per heavy atom. The Balaban J connectivity index is 2.06. The second kappa shape index (κ2) is 5.80. The van der Waals surface area contributed by atoms with Gasteiger partial charge in [-0.1, -0.05) is 11.6 Å². The third kappa shape index (κ3) is 3.78. The van der Waals surface area contributed by atoms with Crippen LogP contribution >= 0.6 is 11.6 Å². The maximum atomic E-state index is 12.7. The van der Waals surface area contributed by atoms with E-state index in [4.69, 9.17) is 11.6 Å². The maximum absolute atomic E-state index is 12.7. The molecule has 1 saturated heterocycles. The van der Waals surface area contributed by atoms with Gasteiger partial charge in [-0.2, -0.15) is 13.2 Å². The molecule has 0 radical (unpaired) electrons. The molecular formula is C12H10ClF3N2O3. The Bertz CT molecular complexity index is 577. The molecule has 1 fully saturated rings. The number of alkyl halides is 3. The van der Waals surface area contributed by atoms with Crippen molar-refractivity contribution in [3.63, 3.8) is 0 Å². The normalized spacial score (nSPS) is 15.0. The summed E-state index contributed by atoms with van der Waals surface area (Å²) in [7, 11) is 0. The number of hydrogen-bond donors (Lipinski definition) is 1. The predicted molar refractivity (Wildman–Crippen MR) is 68.0 cm³/mol. The smallest absolute Gasteiger partial charge is 0.417 e. The van der Waals surface area contributed by atoms with Gasteiger partial charge in [0.05, 0.1) is 17.1 Å². The van der Waals surface area contributed by atoms with Gasteiger partial charge < -0.3 is 10.1 Å². The van der Waals surface area contributed by atoms with Crippen LogP contribution in [0.4, 0.5) is 23.7 Å². The highest BCUT2D eigenvalue weighted by atomic mass is 35.5. The summed E-state index contributed by atoms with van der Waals surface area (Å²) in [6.07, 6.45) is -5.24. The molecule has 114 valence electrons. The van der Waals surface area contributed by atoms with Crippen molar-refractivity contribution >= 4 is 29.3 Å². The number of cyclic esters (lactones) is 1. The van der Waals surface area contributed by atoms with Gasteiger partial charge in [-0.25, -0.2) is 4.79 Å². The van der Waals surface area contributed by atoms with Crippen molar-refractivity contribution in [2.75, 3.05) is 25.0 Å². The van der Waals surface area contributed by atoms with E-state index in [1.807, 2.05) is 0 Å². The minimum absolute atomic E-state index is 0.0516. The first kappa shape index (κ1) is 15.4. The first-order chi connectivity index (χ1) is 9.77. The van der Waals surface area contributed by atoms with E-state index in [1.165, 1.54) is 6.07 Å². The predicted octanol–water partition coefficient (Wildman–Crippen LogP) is 2.75. The number of benzene rings is 1. The summed E-state index contributed by atoms with van der Waals surface area (Å²) in [4.78, 5) is 24.0. The van der Waals surface area contributed by atoms with Gasteiger partial charge in [0.15, 0.2) is 0 Å². The van der Waals surface area contributed by atoms with Crippen molar-refractivity contribution < 1.29 is 27.5 Å². The summed E-state index contributed by atoms with van der Waals surface area (Å²) in [5, 5.41) is 1.83. The molecule has 0 aromatic heterocycles. The fraction of sp³-hybridized carbons (Fsp3) is 0.333. The highest BCUT2D eigenvalue weighted by Gasteiger charge is 2.33. The highest BCUT2D eigenvalue weighted by molar-refractivity contribution is 6.31. The largest absolute Gasteiger partial charge is 0.448 e. The fourth-order valence-corrected chi connectivity index (χ4v) is 1.99. The number of carbonyl (C=O) groups excluding carboxylic acids is 2. The molecule has 1 aromatic rings. The van der Waals surface area contributed by atoms with E-state index < -0.39 is 28.8 Å². The summed E-state index contributed by atoms with van der Waals surface area (Å²) in [5.41, 5.74) is -1.09. The molecule has 0 aliphatic carbocycles. The molecule has 0 unspecified atom stereocenters. The number of amides is 2. The maximum Gasteiger partial charge on any atom is 0.417 e. The summed E-state index contributed by atoms with van der Waals surface area (Å²) in [6.45, 7) is 0.161. The van der Waals surface area contributed by atoms with E-state index in [0.29, 0.717) is 0 Å². The van der Waals surface area contributed by atoms with Gasteiger partial charge in [0.25, 0.3) is 0 Å². The van der Waals surface area contributed by atoms with Crippen molar-refractivity contribution in [1.82, 2.24) is 4.90 Å². The lowest BCUT2D eigenvalue weighted by molar-refractivity contribution is -0.137. The van der Waals surface area contributed by atoms with Crippen LogP contribution in [-0.2, 0) is 15.7 Å². The van der Waals surface area contributed by atoms with E-state index in [-0.39, 0.29) is 25.4 Å². The molecule has 2 amide bonds. The minimum Gasteiger partial charge on any atom is -0.448 e. The van der Waals surface area contributed by atoms with Crippen LogP contribution in [0.2, 0.25) is 5.02 Å². The Hall–Kier alpha value is -1.96. The summed E-state index contributed by atoms with van der Waals surface area (Å²) >= 11 is 5.47. The zero-order valence-electron chi connectivity index (χ0n) is 10.5. The molecule has 5 nitrogen and oxygen atoms in total. The molecule has 2 rings (SSSR count). The average molecular weight is 323 g/mol. The number of nitrogens with one attached hydrogen (secondary N) is 1. The molecule has 1 aromatic carbocycles. The molecule has 0 spiro atoms. The Morgan fingerprint density at radius 2 is 2.14 bits per heavy atom. The SMILES string of the molecule is O=C(CN1CCOC1=O)Nc1ccc(Cl)c(C(F)(F)F)c1. The highest BCUT2D eigenvalue weighted by Crippen LogP contribution is 2.36. The Kier molecular flexibility index (Phi) is 4.26. The van der Waals surface area contributed by atoms with Gasteiger partial charge in [-0.05, 0) is 18.2 Å². The number of anilines is 1. The van der Waals surface area contributed by atoms with Crippen LogP contribution in [0.25, 0.3) is 0 Å². The third-order valence-electron chi connectivity index (χ3n) is 2.73. The lowest BCUT2D eigenvalue weighted by atomic mass is 10.2. The quantitative estimate of drug-likeness (QED) is 0.931. The summed E-state index contributed by atoms with van der Waals surface area (Å²) in [6, 6.07) is 3.03. The second-order valence-corrected chi connectivity index (χ2v) is 4.68. The fourth-order valence-electron chi connectivity index (χ4n) is 1.76. The van der Waals surface area contributed by atoms with Crippen LogP contribution < -0.4 is 5.32 Å². The van der Waals surface area contributed by atoms with Crippen LogP contribution in [-0.4, -0.2) is 36.6 Å². The van der Waals surface area contributed by atoms with Crippen LogP contribution in [0, 0.1) is 0 Å². The second-order valence-electron chi connectivity index (χ2n) is 4.28. The van der Waals surface area contributed by atoms with Gasteiger partial charge in [0.2, 0.25) is 5.91 Å². The van der Waals surface area contributed by atoms with Gasteiger partial charge >= 0.3 is 12.3 Å².